The molecule has 0 aromatic heterocycles. The van der Waals surface area contributed by atoms with Crippen LogP contribution in [0.25, 0.3) is 0 Å². The van der Waals surface area contributed by atoms with Crippen molar-refractivity contribution in [2.45, 2.75) is 261 Å². The summed E-state index contributed by atoms with van der Waals surface area (Å²) in [5.74, 6) is -0.249. The van der Waals surface area contributed by atoms with Gasteiger partial charge in [-0.05, 0) is 70.6 Å². The van der Waals surface area contributed by atoms with Gasteiger partial charge in [0.15, 0.2) is 12.6 Å². The third-order valence-electron chi connectivity index (χ3n) is 13.3. The molecule has 9 N–H and O–H groups in total. The topological polar surface area (TPSA) is 228 Å². The molecule has 2 saturated heterocycles. The third kappa shape index (κ3) is 30.5. The lowest BCUT2D eigenvalue weighted by molar-refractivity contribution is -0.359. The van der Waals surface area contributed by atoms with Gasteiger partial charge >= 0.3 is 0 Å². The Bertz CT molecular complexity index is 1550. The Hall–Kier alpha value is -2.83. The summed E-state index contributed by atoms with van der Waals surface area (Å²) in [5.41, 5.74) is 0. The molecule has 0 saturated carbocycles. The monoisotopic (exact) mass is 1030 g/mol. The molecule has 2 fully saturated rings. The molecule has 14 heteroatoms. The predicted molar refractivity (Wildman–Crippen MR) is 290 cm³/mol. The van der Waals surface area contributed by atoms with Crippen LogP contribution >= 0.6 is 0 Å². The van der Waals surface area contributed by atoms with E-state index in [9.17, 15) is 45.6 Å². The number of hydrogen-bond donors (Lipinski definition) is 9. The smallest absolute Gasteiger partial charge is 0.220 e. The van der Waals surface area contributed by atoms with Crippen molar-refractivity contribution in [1.29, 1.82) is 0 Å². The first kappa shape index (κ1) is 66.3. The molecule has 1 amide bonds. The third-order valence-corrected chi connectivity index (χ3v) is 13.3. The second-order valence-corrected chi connectivity index (χ2v) is 19.7. The number of aliphatic hydroxyl groups is 8. The quantitative estimate of drug-likeness (QED) is 0.0206. The molecule has 12 unspecified atom stereocenters. The van der Waals surface area contributed by atoms with E-state index < -0.39 is 86.8 Å². The average Bonchev–Trinajstić information content (AvgIpc) is 3.39. The number of aliphatic hydroxyl groups excluding tert-OH is 8. The summed E-state index contributed by atoms with van der Waals surface area (Å²) in [5, 5.41) is 86.6. The Kier molecular flexibility index (Phi) is 40.2. The molecule has 14 nitrogen and oxygen atoms in total. The number of rotatable bonds is 43. The fourth-order valence-corrected chi connectivity index (χ4v) is 8.76. The Labute approximate surface area is 440 Å². The summed E-state index contributed by atoms with van der Waals surface area (Å²) in [6.07, 6.45) is 42.3. The average molecular weight is 1030 g/mol. The summed E-state index contributed by atoms with van der Waals surface area (Å²) >= 11 is 0. The second kappa shape index (κ2) is 44.3. The zero-order chi connectivity index (χ0) is 53.2. The molecule has 0 aromatic rings. The Morgan fingerprint density at radius 3 is 1.45 bits per heavy atom. The molecular weight excluding hydrogens is 931 g/mol. The molecule has 0 aromatic carbocycles. The molecular formula is C59H101NO13. The van der Waals surface area contributed by atoms with E-state index in [1.54, 1.807) is 6.08 Å². The summed E-state index contributed by atoms with van der Waals surface area (Å²) in [4.78, 5) is 13.2. The minimum Gasteiger partial charge on any atom is -0.394 e. The van der Waals surface area contributed by atoms with E-state index in [2.05, 4.69) is 92.1 Å². The molecule has 0 aliphatic carbocycles. The van der Waals surface area contributed by atoms with E-state index in [0.717, 1.165) is 89.9 Å². The van der Waals surface area contributed by atoms with Gasteiger partial charge in [-0.2, -0.15) is 0 Å². The van der Waals surface area contributed by atoms with E-state index >= 15 is 0 Å². The zero-order valence-electron chi connectivity index (χ0n) is 44.8. The lowest BCUT2D eigenvalue weighted by atomic mass is 9.97. The Morgan fingerprint density at radius 2 is 0.945 bits per heavy atom. The predicted octanol–water partition coefficient (Wildman–Crippen LogP) is 8.94. The van der Waals surface area contributed by atoms with Gasteiger partial charge in [0, 0.05) is 6.42 Å². The normalized spacial score (nSPS) is 26.1. The van der Waals surface area contributed by atoms with E-state index in [1.807, 2.05) is 6.08 Å². The van der Waals surface area contributed by atoms with Crippen LogP contribution < -0.4 is 5.32 Å². The van der Waals surface area contributed by atoms with Crippen LogP contribution in [0.15, 0.2) is 85.1 Å². The van der Waals surface area contributed by atoms with Crippen molar-refractivity contribution in [3.8, 4) is 0 Å². The van der Waals surface area contributed by atoms with Gasteiger partial charge in [0.2, 0.25) is 5.91 Å². The van der Waals surface area contributed by atoms with Crippen LogP contribution in [0.2, 0.25) is 0 Å². The van der Waals surface area contributed by atoms with Crippen LogP contribution in [-0.2, 0) is 23.7 Å². The molecule has 2 aliphatic rings. The highest BCUT2D eigenvalue weighted by molar-refractivity contribution is 5.76. The molecule has 2 heterocycles. The standard InChI is InChI=1S/C59H101NO13/c1-3-5-7-9-11-13-14-15-16-17-18-19-20-21-22-23-24-25-26-27-28-29-30-31-32-33-34-35-37-39-41-43-51(64)60-47(48(63)42-40-38-36-12-10-8-6-4-2)46-70-58-56(69)54(67)57(50(45-62)72-58)73-59-55(68)53(66)52(65)49(44-61)71-59/h5,7,11,13,15-16,18-19,21-22,24-25,40,42,47-50,52-59,61-63,65-69H,3-4,6,8-10,12,14,17,20,23,26-39,41,43-46H2,1-2H3,(H,60,64)/b7-5-,13-11-,16-15-,19-18-,22-21-,25-24-,42-40+. The fourth-order valence-electron chi connectivity index (χ4n) is 8.76. The highest BCUT2D eigenvalue weighted by Crippen LogP contribution is 2.30. The van der Waals surface area contributed by atoms with E-state index in [-0.39, 0.29) is 18.9 Å². The van der Waals surface area contributed by atoms with Crippen LogP contribution in [0.5, 0.6) is 0 Å². The number of amides is 1. The first-order valence-corrected chi connectivity index (χ1v) is 28.3. The maximum absolute atomic E-state index is 13.2. The maximum atomic E-state index is 13.2. The zero-order valence-corrected chi connectivity index (χ0v) is 44.8. The molecule has 2 rings (SSSR count). The summed E-state index contributed by atoms with van der Waals surface area (Å²) < 4.78 is 22.7. The maximum Gasteiger partial charge on any atom is 0.220 e. The number of carbonyl (C=O) groups is 1. The van der Waals surface area contributed by atoms with E-state index in [4.69, 9.17) is 18.9 Å². The van der Waals surface area contributed by atoms with Gasteiger partial charge in [-0.25, -0.2) is 0 Å². The summed E-state index contributed by atoms with van der Waals surface area (Å²) in [6.45, 7) is 2.61. The highest BCUT2D eigenvalue weighted by atomic mass is 16.7. The van der Waals surface area contributed by atoms with Crippen molar-refractivity contribution >= 4 is 5.91 Å². The molecule has 0 spiro atoms. The first-order chi connectivity index (χ1) is 35.6. The van der Waals surface area contributed by atoms with Crippen LogP contribution in [0.3, 0.4) is 0 Å². The van der Waals surface area contributed by atoms with Gasteiger partial charge in [-0.3, -0.25) is 4.79 Å². The van der Waals surface area contributed by atoms with Crippen molar-refractivity contribution in [3.05, 3.63) is 85.1 Å². The molecule has 12 atom stereocenters. The first-order valence-electron chi connectivity index (χ1n) is 28.3. The van der Waals surface area contributed by atoms with E-state index in [0.29, 0.717) is 6.42 Å². The van der Waals surface area contributed by atoms with Crippen LogP contribution in [0.1, 0.15) is 187 Å². The van der Waals surface area contributed by atoms with Crippen molar-refractivity contribution in [2.24, 2.45) is 0 Å². The highest BCUT2D eigenvalue weighted by Gasteiger charge is 2.51. The minimum absolute atomic E-state index is 0.249. The lowest BCUT2D eigenvalue weighted by Crippen LogP contribution is -2.65. The number of carbonyl (C=O) groups excluding carboxylic acids is 1. The van der Waals surface area contributed by atoms with Gasteiger partial charge in [0.25, 0.3) is 0 Å². The lowest BCUT2D eigenvalue weighted by Gasteiger charge is -2.46. The summed E-state index contributed by atoms with van der Waals surface area (Å²) in [6, 6.07) is -0.917. The molecule has 420 valence electrons. The number of allylic oxidation sites excluding steroid dienone is 13. The Balaban J connectivity index is 1.64. The van der Waals surface area contributed by atoms with Crippen LogP contribution in [0, 0.1) is 0 Å². The van der Waals surface area contributed by atoms with Gasteiger partial charge in [-0.1, -0.05) is 195 Å². The molecule has 0 bridgehead atoms. The van der Waals surface area contributed by atoms with E-state index in [1.165, 1.54) is 70.6 Å². The molecule has 2 aliphatic heterocycles. The van der Waals surface area contributed by atoms with Gasteiger partial charge < -0.3 is 65.1 Å². The molecule has 0 radical (unpaired) electrons. The number of hydrogen-bond acceptors (Lipinski definition) is 13. The van der Waals surface area contributed by atoms with Gasteiger partial charge in [0.1, 0.15) is 48.8 Å². The van der Waals surface area contributed by atoms with Crippen molar-refractivity contribution in [2.75, 3.05) is 19.8 Å². The van der Waals surface area contributed by atoms with Crippen LogP contribution in [-0.4, -0.2) is 140 Å². The van der Waals surface area contributed by atoms with Crippen molar-refractivity contribution in [1.82, 2.24) is 5.32 Å². The largest absolute Gasteiger partial charge is 0.394 e. The van der Waals surface area contributed by atoms with Crippen LogP contribution in [0.4, 0.5) is 0 Å². The van der Waals surface area contributed by atoms with Gasteiger partial charge in [0.05, 0.1) is 32.0 Å². The van der Waals surface area contributed by atoms with Gasteiger partial charge in [-0.15, -0.1) is 0 Å². The number of ether oxygens (including phenoxy) is 4. The Morgan fingerprint density at radius 1 is 0.507 bits per heavy atom. The SMILES string of the molecule is CC/C=C\C/C=C\C/C=C\C/C=C\C/C=C\C/C=C\CCCCCCCCCCCCCCC(=O)NC(COC1OC(CO)C(OC2OC(CO)C(O)C(O)C2O)C(O)C1O)C(O)/C=C/CCCCCCCC. The van der Waals surface area contributed by atoms with Crippen molar-refractivity contribution < 1.29 is 64.6 Å². The number of nitrogens with one attached hydrogen (secondary N) is 1. The minimum atomic E-state index is -1.79. The number of unbranched alkanes of at least 4 members (excludes halogenated alkanes) is 18. The fraction of sp³-hybridized carbons (Fsp3) is 0.746. The van der Waals surface area contributed by atoms with Crippen molar-refractivity contribution in [3.63, 3.8) is 0 Å². The second-order valence-electron chi connectivity index (χ2n) is 19.7. The summed E-state index contributed by atoms with van der Waals surface area (Å²) in [7, 11) is 0. The molecule has 73 heavy (non-hydrogen) atoms.